The lowest BCUT2D eigenvalue weighted by atomic mass is 10.2. The molecule has 2 aromatic rings. The summed E-state index contributed by atoms with van der Waals surface area (Å²) in [5, 5.41) is 8.89. The lowest BCUT2D eigenvalue weighted by Gasteiger charge is -2.37. The first kappa shape index (κ1) is 18.2. The van der Waals surface area contributed by atoms with Gasteiger partial charge < -0.3 is 9.47 Å². The number of sulfonamides is 1. The number of nitrogens with zero attached hydrogens (tertiary/aromatic N) is 3. The Balaban J connectivity index is 1.66. The Morgan fingerprint density at radius 1 is 1.31 bits per heavy atom. The van der Waals surface area contributed by atoms with E-state index in [0.29, 0.717) is 23.8 Å². The summed E-state index contributed by atoms with van der Waals surface area (Å²) in [5.74, 6) is 1.00. The molecule has 0 amide bonds. The van der Waals surface area contributed by atoms with Crippen LogP contribution < -0.4 is 9.47 Å². The number of ether oxygens (including phenoxy) is 2. The van der Waals surface area contributed by atoms with Crippen molar-refractivity contribution in [3.63, 3.8) is 0 Å². The van der Waals surface area contributed by atoms with Crippen molar-refractivity contribution in [2.45, 2.75) is 24.8 Å². The monoisotopic (exact) mass is 373 g/mol. The lowest BCUT2D eigenvalue weighted by molar-refractivity contribution is 0.0720. The van der Waals surface area contributed by atoms with Crippen molar-refractivity contribution in [1.29, 1.82) is 5.26 Å². The molecule has 1 fully saturated rings. The Morgan fingerprint density at radius 2 is 2.08 bits per heavy atom. The fourth-order valence-electron chi connectivity index (χ4n) is 2.63. The van der Waals surface area contributed by atoms with Gasteiger partial charge in [0.2, 0.25) is 15.9 Å². The molecule has 0 radical (unpaired) electrons. The summed E-state index contributed by atoms with van der Waals surface area (Å²) in [5.41, 5.74) is 1.22. The molecule has 0 aliphatic carbocycles. The van der Waals surface area contributed by atoms with Gasteiger partial charge in [0.05, 0.1) is 36.2 Å². The predicted molar refractivity (Wildman–Crippen MR) is 94.5 cm³/mol. The number of hydrogen-bond donors (Lipinski definition) is 0. The summed E-state index contributed by atoms with van der Waals surface area (Å²) in [7, 11) is -3.57. The zero-order valence-corrected chi connectivity index (χ0v) is 15.4. The minimum atomic E-state index is -3.57. The number of hydrogen-bond acceptors (Lipinski definition) is 6. The van der Waals surface area contributed by atoms with Gasteiger partial charge in [0.1, 0.15) is 11.9 Å². The fourth-order valence-corrected chi connectivity index (χ4v) is 4.22. The van der Waals surface area contributed by atoms with E-state index >= 15 is 0 Å². The lowest BCUT2D eigenvalue weighted by Crippen LogP contribution is -2.56. The molecular formula is C18H19N3O4S. The number of nitriles is 1. The van der Waals surface area contributed by atoms with Crippen molar-refractivity contribution in [2.75, 3.05) is 19.7 Å². The van der Waals surface area contributed by atoms with Gasteiger partial charge in [-0.15, -0.1) is 0 Å². The van der Waals surface area contributed by atoms with Crippen LogP contribution in [0, 0.1) is 18.3 Å². The molecule has 2 heterocycles. The molecule has 0 spiro atoms. The van der Waals surface area contributed by atoms with Gasteiger partial charge in [-0.05, 0) is 43.7 Å². The van der Waals surface area contributed by atoms with E-state index in [2.05, 4.69) is 4.98 Å². The van der Waals surface area contributed by atoms with Gasteiger partial charge in [0.15, 0.2) is 0 Å². The van der Waals surface area contributed by atoms with Gasteiger partial charge >= 0.3 is 0 Å². The molecule has 0 atom stereocenters. The second kappa shape index (κ2) is 7.32. The zero-order chi connectivity index (χ0) is 18.7. The average Bonchev–Trinajstić information content (AvgIpc) is 2.59. The molecule has 0 unspecified atom stereocenters. The molecular weight excluding hydrogens is 354 g/mol. The van der Waals surface area contributed by atoms with Crippen LogP contribution in [-0.2, 0) is 10.0 Å². The van der Waals surface area contributed by atoms with Crippen molar-refractivity contribution in [3.05, 3.63) is 47.7 Å². The maximum absolute atomic E-state index is 12.7. The van der Waals surface area contributed by atoms with Gasteiger partial charge in [0.25, 0.3) is 0 Å². The van der Waals surface area contributed by atoms with E-state index in [9.17, 15) is 8.42 Å². The number of rotatable bonds is 6. The van der Waals surface area contributed by atoms with E-state index in [-0.39, 0.29) is 24.1 Å². The van der Waals surface area contributed by atoms with E-state index in [1.54, 1.807) is 24.3 Å². The van der Waals surface area contributed by atoms with E-state index in [4.69, 9.17) is 14.7 Å². The van der Waals surface area contributed by atoms with Crippen molar-refractivity contribution < 1.29 is 17.9 Å². The Labute approximate surface area is 152 Å². The van der Waals surface area contributed by atoms with Gasteiger partial charge in [-0.2, -0.15) is 9.57 Å². The van der Waals surface area contributed by atoms with Crippen molar-refractivity contribution >= 4 is 10.0 Å². The summed E-state index contributed by atoms with van der Waals surface area (Å²) < 4.78 is 37.9. The standard InChI is InChI=1S/C18H19N3O4S/c1-3-24-17-5-4-16(8-13(17)2)26(22,23)21-11-15(12-21)25-18-9-14(10-19)6-7-20-18/h4-9,15H,3,11-12H2,1-2H3. The predicted octanol–water partition coefficient (Wildman–Crippen LogP) is 2.11. The molecule has 1 aliphatic heterocycles. The minimum absolute atomic E-state index is 0.238. The Bertz CT molecular complexity index is 947. The highest BCUT2D eigenvalue weighted by molar-refractivity contribution is 7.89. The van der Waals surface area contributed by atoms with E-state index < -0.39 is 10.0 Å². The summed E-state index contributed by atoms with van der Waals surface area (Å²) in [4.78, 5) is 4.28. The first-order chi connectivity index (χ1) is 12.4. The Kier molecular flexibility index (Phi) is 5.11. The SMILES string of the molecule is CCOc1ccc(S(=O)(=O)N2CC(Oc3cc(C#N)ccn3)C2)cc1C. The molecule has 1 aliphatic rings. The molecule has 1 saturated heterocycles. The van der Waals surface area contributed by atoms with Crippen LogP contribution in [0.3, 0.4) is 0 Å². The molecule has 8 heteroatoms. The highest BCUT2D eigenvalue weighted by Gasteiger charge is 2.38. The third-order valence-electron chi connectivity index (χ3n) is 4.05. The smallest absolute Gasteiger partial charge is 0.243 e. The van der Waals surface area contributed by atoms with Crippen LogP contribution in [0.25, 0.3) is 0 Å². The minimum Gasteiger partial charge on any atom is -0.494 e. The first-order valence-electron chi connectivity index (χ1n) is 8.20. The van der Waals surface area contributed by atoms with Crippen LogP contribution >= 0.6 is 0 Å². The molecule has 0 saturated carbocycles. The van der Waals surface area contributed by atoms with Crippen molar-refractivity contribution in [3.8, 4) is 17.7 Å². The van der Waals surface area contributed by atoms with Crippen molar-refractivity contribution in [2.24, 2.45) is 0 Å². The van der Waals surface area contributed by atoms with Crippen LogP contribution in [0.4, 0.5) is 0 Å². The Morgan fingerprint density at radius 3 is 2.73 bits per heavy atom. The highest BCUT2D eigenvalue weighted by atomic mass is 32.2. The fraction of sp³-hybridized carbons (Fsp3) is 0.333. The molecule has 3 rings (SSSR count). The number of benzene rings is 1. The molecule has 136 valence electrons. The number of pyridine rings is 1. The van der Waals surface area contributed by atoms with Gasteiger partial charge in [-0.1, -0.05) is 0 Å². The van der Waals surface area contributed by atoms with Gasteiger partial charge in [0, 0.05) is 12.3 Å². The summed E-state index contributed by atoms with van der Waals surface area (Å²) in [6.45, 7) is 4.71. The van der Waals surface area contributed by atoms with Crippen LogP contribution in [0.2, 0.25) is 0 Å². The second-order valence-corrected chi connectivity index (χ2v) is 7.85. The quantitative estimate of drug-likeness (QED) is 0.770. The maximum Gasteiger partial charge on any atom is 0.243 e. The van der Waals surface area contributed by atoms with E-state index in [1.807, 2.05) is 19.9 Å². The topological polar surface area (TPSA) is 92.5 Å². The average molecular weight is 373 g/mol. The maximum atomic E-state index is 12.7. The van der Waals surface area contributed by atoms with E-state index in [1.165, 1.54) is 16.6 Å². The normalized spacial score (nSPS) is 15.1. The highest BCUT2D eigenvalue weighted by Crippen LogP contribution is 2.27. The first-order valence-corrected chi connectivity index (χ1v) is 9.64. The van der Waals surface area contributed by atoms with Crippen molar-refractivity contribution in [1.82, 2.24) is 9.29 Å². The summed E-state index contributed by atoms with van der Waals surface area (Å²) >= 11 is 0. The van der Waals surface area contributed by atoms with Crippen LogP contribution in [0.5, 0.6) is 11.6 Å². The molecule has 0 bridgehead atoms. The van der Waals surface area contributed by atoms with Crippen LogP contribution in [0.1, 0.15) is 18.1 Å². The van der Waals surface area contributed by atoms with Gasteiger partial charge in [-0.25, -0.2) is 13.4 Å². The van der Waals surface area contributed by atoms with Gasteiger partial charge in [-0.3, -0.25) is 0 Å². The number of aromatic nitrogens is 1. The molecule has 1 aromatic carbocycles. The number of aryl methyl sites for hydroxylation is 1. The second-order valence-electron chi connectivity index (χ2n) is 5.92. The molecule has 1 aromatic heterocycles. The zero-order valence-electron chi connectivity index (χ0n) is 14.5. The third kappa shape index (κ3) is 3.64. The molecule has 26 heavy (non-hydrogen) atoms. The van der Waals surface area contributed by atoms with Crippen LogP contribution in [-0.4, -0.2) is 43.5 Å². The third-order valence-corrected chi connectivity index (χ3v) is 5.88. The summed E-state index contributed by atoms with van der Waals surface area (Å²) in [6, 6.07) is 9.98. The van der Waals surface area contributed by atoms with E-state index in [0.717, 1.165) is 5.56 Å². The molecule has 7 nitrogen and oxygen atoms in total. The van der Waals surface area contributed by atoms with Crippen LogP contribution in [0.15, 0.2) is 41.4 Å². The largest absolute Gasteiger partial charge is 0.494 e. The summed E-state index contributed by atoms with van der Waals surface area (Å²) in [6.07, 6.45) is 1.21. The Hall–Kier alpha value is -2.63. The molecule has 0 N–H and O–H groups in total.